The van der Waals surface area contributed by atoms with E-state index in [0.29, 0.717) is 6.29 Å². The van der Waals surface area contributed by atoms with Gasteiger partial charge in [0.25, 0.3) is 0 Å². The number of carbonyl (C=O) groups excluding carboxylic acids is 1. The van der Waals surface area contributed by atoms with Gasteiger partial charge >= 0.3 is 0 Å². The van der Waals surface area contributed by atoms with Crippen LogP contribution in [0.15, 0.2) is 12.2 Å². The van der Waals surface area contributed by atoms with Gasteiger partial charge in [-0.05, 0) is 12.2 Å². The van der Waals surface area contributed by atoms with E-state index in [1.807, 2.05) is 0 Å². The number of terminal acetylenes is 1. The van der Waals surface area contributed by atoms with Crippen molar-refractivity contribution in [3.05, 3.63) is 12.2 Å². The molecule has 0 aromatic rings. The van der Waals surface area contributed by atoms with Gasteiger partial charge in [0.05, 0.1) is 0 Å². The van der Waals surface area contributed by atoms with Crippen LogP contribution in [0.1, 0.15) is 0 Å². The normalized spacial score (nSPS) is 7.83. The number of hydrogen-bond acceptors (Lipinski definition) is 1. The first-order valence-corrected chi connectivity index (χ1v) is 1.48. The maximum atomic E-state index is 9.38. The van der Waals surface area contributed by atoms with Crippen LogP contribution in [0.2, 0.25) is 0 Å². The van der Waals surface area contributed by atoms with Gasteiger partial charge < -0.3 is 0 Å². The zero-order chi connectivity index (χ0) is 4.83. The van der Waals surface area contributed by atoms with Crippen molar-refractivity contribution in [2.75, 3.05) is 0 Å². The minimum Gasteiger partial charge on any atom is -0.299 e. The van der Waals surface area contributed by atoms with E-state index in [9.17, 15) is 4.79 Å². The van der Waals surface area contributed by atoms with Gasteiger partial charge in [0.15, 0.2) is 0 Å². The summed E-state index contributed by atoms with van der Waals surface area (Å²) >= 11 is 0. The summed E-state index contributed by atoms with van der Waals surface area (Å²) in [7, 11) is 0. The van der Waals surface area contributed by atoms with Crippen LogP contribution >= 0.6 is 0 Å². The van der Waals surface area contributed by atoms with Crippen molar-refractivity contribution < 1.29 is 4.79 Å². The van der Waals surface area contributed by atoms with Crippen LogP contribution in [-0.2, 0) is 4.79 Å². The Morgan fingerprint density at radius 1 is 1.67 bits per heavy atom. The summed E-state index contributed by atoms with van der Waals surface area (Å²) < 4.78 is 0. The molecule has 30 valence electrons. The molecule has 0 bridgehead atoms. The van der Waals surface area contributed by atoms with E-state index in [1.54, 1.807) is 0 Å². The first-order chi connectivity index (χ1) is 2.91. The highest BCUT2D eigenvalue weighted by Crippen LogP contribution is 1.56. The molecule has 0 aromatic heterocycles. The van der Waals surface area contributed by atoms with Crippen LogP contribution in [0.5, 0.6) is 0 Å². The molecule has 0 atom stereocenters. The zero-order valence-electron chi connectivity index (χ0n) is 3.22. The van der Waals surface area contributed by atoms with Gasteiger partial charge in [-0.15, -0.1) is 6.42 Å². The number of aldehydes is 1. The molecule has 1 nitrogen and oxygen atoms in total. The number of hydrogen-bond donors (Lipinski definition) is 0. The smallest absolute Gasteiger partial charge is 0.143 e. The molecule has 0 fully saturated rings. The molecule has 1 heteroatoms. The van der Waals surface area contributed by atoms with Gasteiger partial charge in [-0.3, -0.25) is 4.79 Å². The Morgan fingerprint density at radius 3 is 2.50 bits per heavy atom. The van der Waals surface area contributed by atoms with Crippen LogP contribution < -0.4 is 0 Å². The monoisotopic (exact) mass is 80.0 g/mol. The zero-order valence-corrected chi connectivity index (χ0v) is 3.22. The Morgan fingerprint density at radius 2 is 2.33 bits per heavy atom. The van der Waals surface area contributed by atoms with Crippen molar-refractivity contribution in [2.45, 2.75) is 0 Å². The summed E-state index contributed by atoms with van der Waals surface area (Å²) in [5.74, 6) is 2.16. The Labute approximate surface area is 36.7 Å². The lowest BCUT2D eigenvalue weighted by Crippen LogP contribution is -1.52. The second-order valence-corrected chi connectivity index (χ2v) is 0.662. The number of allylic oxidation sites excluding steroid dienone is 2. The fraction of sp³-hybridized carbons (Fsp3) is 0. The Bertz CT molecular complexity index is 95.0. The summed E-state index contributed by atoms with van der Waals surface area (Å²) in [6.45, 7) is 0. The lowest BCUT2D eigenvalue weighted by atomic mass is 10.5. The van der Waals surface area contributed by atoms with Gasteiger partial charge in [0.2, 0.25) is 0 Å². The van der Waals surface area contributed by atoms with Crippen molar-refractivity contribution in [3.8, 4) is 12.3 Å². The summed E-state index contributed by atoms with van der Waals surface area (Å²) in [4.78, 5) is 9.38. The maximum absolute atomic E-state index is 9.38. The molecular formula is C5H4O. The highest BCUT2D eigenvalue weighted by atomic mass is 16.1. The summed E-state index contributed by atoms with van der Waals surface area (Å²) in [5, 5.41) is 0. The van der Waals surface area contributed by atoms with E-state index in [2.05, 4.69) is 5.92 Å². The molecule has 0 heterocycles. The molecule has 0 rings (SSSR count). The van der Waals surface area contributed by atoms with E-state index in [-0.39, 0.29) is 0 Å². The summed E-state index contributed by atoms with van der Waals surface area (Å²) in [5.41, 5.74) is 0. The van der Waals surface area contributed by atoms with E-state index >= 15 is 0 Å². The summed E-state index contributed by atoms with van der Waals surface area (Å²) in [6.07, 6.45) is 7.96. The SMILES string of the molecule is C#CC=CC=O. The minimum atomic E-state index is 0.639. The van der Waals surface area contributed by atoms with Crippen molar-refractivity contribution in [1.29, 1.82) is 0 Å². The third-order valence-electron chi connectivity index (χ3n) is 0.271. The lowest BCUT2D eigenvalue weighted by molar-refractivity contribution is -0.104. The fourth-order valence-electron chi connectivity index (χ4n) is 0.0948. The highest BCUT2D eigenvalue weighted by Gasteiger charge is 1.52. The molecule has 0 aliphatic rings. The first-order valence-electron chi connectivity index (χ1n) is 1.48. The van der Waals surface area contributed by atoms with Gasteiger partial charge in [-0.25, -0.2) is 0 Å². The van der Waals surface area contributed by atoms with Crippen LogP contribution in [0.25, 0.3) is 0 Å². The van der Waals surface area contributed by atoms with Gasteiger partial charge in [-0.1, -0.05) is 5.92 Å². The topological polar surface area (TPSA) is 17.1 Å². The molecule has 0 N–H and O–H groups in total. The molecule has 0 aromatic carbocycles. The average molecular weight is 80.1 g/mol. The predicted molar refractivity (Wildman–Crippen MR) is 24.0 cm³/mol. The Kier molecular flexibility index (Phi) is 3.29. The predicted octanol–water partition coefficient (Wildman–Crippen LogP) is 0.375. The van der Waals surface area contributed by atoms with Crippen LogP contribution in [-0.4, -0.2) is 6.29 Å². The van der Waals surface area contributed by atoms with E-state index in [0.717, 1.165) is 0 Å². The second kappa shape index (κ2) is 3.97. The van der Waals surface area contributed by atoms with Crippen LogP contribution in [0.4, 0.5) is 0 Å². The number of rotatable bonds is 1. The molecule has 6 heavy (non-hydrogen) atoms. The van der Waals surface area contributed by atoms with Crippen LogP contribution in [0.3, 0.4) is 0 Å². The molecular weight excluding hydrogens is 76.1 g/mol. The highest BCUT2D eigenvalue weighted by molar-refractivity contribution is 5.65. The van der Waals surface area contributed by atoms with Crippen molar-refractivity contribution >= 4 is 6.29 Å². The molecule has 0 saturated carbocycles. The first kappa shape index (κ1) is 4.97. The van der Waals surface area contributed by atoms with E-state index in [4.69, 9.17) is 6.42 Å². The third kappa shape index (κ3) is 2.97. The molecule has 0 radical (unpaired) electrons. The van der Waals surface area contributed by atoms with Gasteiger partial charge in [0.1, 0.15) is 6.29 Å². The molecule has 0 aliphatic heterocycles. The average Bonchev–Trinajstić information content (AvgIpc) is 1.61. The van der Waals surface area contributed by atoms with E-state index in [1.165, 1.54) is 12.2 Å². The van der Waals surface area contributed by atoms with Crippen LogP contribution in [0, 0.1) is 12.3 Å². The molecule has 0 spiro atoms. The van der Waals surface area contributed by atoms with Crippen molar-refractivity contribution in [3.63, 3.8) is 0 Å². The Balaban J connectivity index is 3.26. The standard InChI is InChI=1S/C5H4O/c1-2-3-4-5-6/h1,3-5H. The minimum absolute atomic E-state index is 0.639. The Hall–Kier alpha value is -1.03. The molecule has 0 aliphatic carbocycles. The van der Waals surface area contributed by atoms with Gasteiger partial charge in [-0.2, -0.15) is 0 Å². The molecule has 0 saturated heterocycles. The summed E-state index contributed by atoms with van der Waals surface area (Å²) in [6, 6.07) is 0. The van der Waals surface area contributed by atoms with Gasteiger partial charge in [0, 0.05) is 0 Å². The van der Waals surface area contributed by atoms with Crippen molar-refractivity contribution in [1.82, 2.24) is 0 Å². The largest absolute Gasteiger partial charge is 0.299 e. The lowest BCUT2D eigenvalue weighted by Gasteiger charge is -1.53. The quantitative estimate of drug-likeness (QED) is 0.253. The fourth-order valence-corrected chi connectivity index (χ4v) is 0.0948. The number of carbonyl (C=O) groups is 1. The van der Waals surface area contributed by atoms with E-state index < -0.39 is 0 Å². The van der Waals surface area contributed by atoms with Crippen molar-refractivity contribution in [2.24, 2.45) is 0 Å². The molecule has 0 unspecified atom stereocenters. The second-order valence-electron chi connectivity index (χ2n) is 0.662. The third-order valence-corrected chi connectivity index (χ3v) is 0.271. The molecule has 0 amide bonds. The maximum Gasteiger partial charge on any atom is 0.143 e.